The van der Waals surface area contributed by atoms with Gasteiger partial charge in [0.25, 0.3) is 5.91 Å². The molecule has 0 fully saturated rings. The number of fused-ring (bicyclic) bond motifs is 1. The van der Waals surface area contributed by atoms with Gasteiger partial charge in [0, 0.05) is 19.2 Å². The van der Waals surface area contributed by atoms with E-state index in [0.717, 1.165) is 21.5 Å². The Balaban J connectivity index is 2.17. The van der Waals surface area contributed by atoms with Crippen LogP contribution < -0.4 is 9.54 Å². The fourth-order valence-corrected chi connectivity index (χ4v) is 3.88. The zero-order chi connectivity index (χ0) is 18.5. The fraction of sp³-hybridized carbons (Fsp3) is 0.300. The largest absolute Gasteiger partial charge is 0.492 e. The van der Waals surface area contributed by atoms with Crippen LogP contribution in [0.15, 0.2) is 47.5 Å². The smallest absolute Gasteiger partial charge is 0.279 e. The third kappa shape index (κ3) is 3.71. The van der Waals surface area contributed by atoms with Gasteiger partial charge in [-0.25, -0.2) is 0 Å². The van der Waals surface area contributed by atoms with Crippen LogP contribution in [0.1, 0.15) is 22.8 Å². The maximum absolute atomic E-state index is 12.7. The summed E-state index contributed by atoms with van der Waals surface area (Å²) in [5, 5.41) is 0. The molecular weight excluding hydrogens is 348 g/mol. The summed E-state index contributed by atoms with van der Waals surface area (Å²) in [7, 11) is 1.66. The van der Waals surface area contributed by atoms with Crippen LogP contribution in [-0.2, 0) is 11.3 Å². The average molecular weight is 370 g/mol. The van der Waals surface area contributed by atoms with Gasteiger partial charge in [-0.1, -0.05) is 35.6 Å². The van der Waals surface area contributed by atoms with Gasteiger partial charge in [0.1, 0.15) is 11.3 Å². The molecule has 136 valence electrons. The number of rotatable bonds is 6. The zero-order valence-electron chi connectivity index (χ0n) is 15.2. The predicted molar refractivity (Wildman–Crippen MR) is 104 cm³/mol. The number of aryl methyl sites for hydroxylation is 1. The summed E-state index contributed by atoms with van der Waals surface area (Å²) in [6, 6.07) is 13.4. The molecule has 0 saturated carbocycles. The first-order valence-corrected chi connectivity index (χ1v) is 9.36. The zero-order valence-corrected chi connectivity index (χ0v) is 16.0. The Morgan fingerprint density at radius 2 is 2.00 bits per heavy atom. The van der Waals surface area contributed by atoms with Gasteiger partial charge in [0.15, 0.2) is 4.80 Å². The number of para-hydroxylation sites is 1. The van der Waals surface area contributed by atoms with Crippen molar-refractivity contribution in [2.75, 3.05) is 20.3 Å². The van der Waals surface area contributed by atoms with Gasteiger partial charge in [-0.05, 0) is 37.6 Å². The van der Waals surface area contributed by atoms with Crippen molar-refractivity contribution >= 4 is 27.5 Å². The maximum Gasteiger partial charge on any atom is 0.279 e. The van der Waals surface area contributed by atoms with E-state index in [2.05, 4.69) is 4.99 Å². The van der Waals surface area contributed by atoms with Crippen molar-refractivity contribution < 1.29 is 14.3 Å². The lowest BCUT2D eigenvalue weighted by Crippen LogP contribution is -2.20. The summed E-state index contributed by atoms with van der Waals surface area (Å²) in [6.45, 7) is 5.57. The van der Waals surface area contributed by atoms with Crippen LogP contribution in [0, 0.1) is 6.92 Å². The Kier molecular flexibility index (Phi) is 5.85. The third-order valence-corrected chi connectivity index (χ3v) is 5.10. The van der Waals surface area contributed by atoms with Gasteiger partial charge in [-0.15, -0.1) is 0 Å². The van der Waals surface area contributed by atoms with E-state index in [1.165, 1.54) is 11.3 Å². The highest BCUT2D eigenvalue weighted by Gasteiger charge is 2.14. The van der Waals surface area contributed by atoms with Crippen LogP contribution >= 0.6 is 11.3 Å². The highest BCUT2D eigenvalue weighted by Crippen LogP contribution is 2.27. The lowest BCUT2D eigenvalue weighted by atomic mass is 10.1. The first-order chi connectivity index (χ1) is 12.7. The minimum Gasteiger partial charge on any atom is -0.492 e. The summed E-state index contributed by atoms with van der Waals surface area (Å²) in [5.41, 5.74) is 2.49. The second-order valence-corrected chi connectivity index (χ2v) is 6.81. The number of carbonyl (C=O) groups is 1. The van der Waals surface area contributed by atoms with Crippen molar-refractivity contribution in [2.24, 2.45) is 4.99 Å². The monoisotopic (exact) mass is 370 g/mol. The molecule has 0 aliphatic heterocycles. The molecule has 0 N–H and O–H groups in total. The van der Waals surface area contributed by atoms with Crippen LogP contribution in [0.2, 0.25) is 0 Å². The molecule has 0 aliphatic rings. The van der Waals surface area contributed by atoms with E-state index >= 15 is 0 Å². The predicted octanol–water partition coefficient (Wildman–Crippen LogP) is 3.80. The molecule has 26 heavy (non-hydrogen) atoms. The quantitative estimate of drug-likeness (QED) is 0.663. The SMILES string of the molecule is CCOc1cccc2sc(=NC(=O)c3ccccc3C)n(CCOC)c12. The molecule has 0 radical (unpaired) electrons. The van der Waals surface area contributed by atoms with Crippen molar-refractivity contribution in [2.45, 2.75) is 20.4 Å². The lowest BCUT2D eigenvalue weighted by molar-refractivity contribution is 0.0996. The first kappa shape index (κ1) is 18.4. The molecule has 3 aromatic rings. The Labute approximate surface area is 156 Å². The molecule has 1 amide bonds. The Morgan fingerprint density at radius 3 is 2.73 bits per heavy atom. The number of carbonyl (C=O) groups excluding carboxylic acids is 1. The van der Waals surface area contributed by atoms with Gasteiger partial charge in [-0.3, -0.25) is 4.79 Å². The number of nitrogens with zero attached hydrogens (tertiary/aromatic N) is 2. The van der Waals surface area contributed by atoms with Gasteiger partial charge in [0.05, 0.1) is 17.9 Å². The van der Waals surface area contributed by atoms with E-state index in [0.29, 0.717) is 30.1 Å². The average Bonchev–Trinajstić information content (AvgIpc) is 2.98. The van der Waals surface area contributed by atoms with Gasteiger partial charge in [-0.2, -0.15) is 4.99 Å². The molecule has 1 aromatic heterocycles. The van der Waals surface area contributed by atoms with E-state index in [4.69, 9.17) is 9.47 Å². The van der Waals surface area contributed by atoms with Crippen LogP contribution in [0.25, 0.3) is 10.2 Å². The molecule has 6 heteroatoms. The molecule has 0 spiro atoms. The second-order valence-electron chi connectivity index (χ2n) is 5.80. The van der Waals surface area contributed by atoms with Crippen molar-refractivity contribution in [1.29, 1.82) is 0 Å². The number of benzene rings is 2. The van der Waals surface area contributed by atoms with Crippen molar-refractivity contribution in [3.8, 4) is 5.75 Å². The minimum absolute atomic E-state index is 0.237. The number of hydrogen-bond acceptors (Lipinski definition) is 4. The molecule has 3 rings (SSSR count). The third-order valence-electron chi connectivity index (χ3n) is 4.06. The van der Waals surface area contributed by atoms with Crippen LogP contribution in [-0.4, -0.2) is 30.8 Å². The number of hydrogen-bond donors (Lipinski definition) is 0. The van der Waals surface area contributed by atoms with Gasteiger partial charge in [0.2, 0.25) is 0 Å². The highest BCUT2D eigenvalue weighted by atomic mass is 32.1. The Hall–Kier alpha value is -2.44. The molecule has 0 saturated heterocycles. The number of methoxy groups -OCH3 is 1. The van der Waals surface area contributed by atoms with Crippen LogP contribution in [0.3, 0.4) is 0 Å². The number of amides is 1. The second kappa shape index (κ2) is 8.29. The van der Waals surface area contributed by atoms with E-state index in [-0.39, 0.29) is 5.91 Å². The number of aromatic nitrogens is 1. The van der Waals surface area contributed by atoms with Crippen molar-refractivity contribution in [1.82, 2.24) is 4.57 Å². The Bertz CT molecular complexity index is 988. The minimum atomic E-state index is -0.237. The maximum atomic E-state index is 12.7. The first-order valence-electron chi connectivity index (χ1n) is 8.54. The van der Waals surface area contributed by atoms with Gasteiger partial charge >= 0.3 is 0 Å². The summed E-state index contributed by atoms with van der Waals surface area (Å²) < 4.78 is 14.1. The molecule has 2 aromatic carbocycles. The van der Waals surface area contributed by atoms with Crippen LogP contribution in [0.5, 0.6) is 5.75 Å². The van der Waals surface area contributed by atoms with E-state index in [9.17, 15) is 4.79 Å². The Morgan fingerprint density at radius 1 is 1.19 bits per heavy atom. The number of ether oxygens (including phenoxy) is 2. The molecular formula is C20H22N2O3S. The van der Waals surface area contributed by atoms with E-state index < -0.39 is 0 Å². The standard InChI is InChI=1S/C20H22N2O3S/c1-4-25-16-10-7-11-17-18(16)22(12-13-24-3)20(26-17)21-19(23)15-9-6-5-8-14(15)2/h5-11H,4,12-13H2,1-3H3. The van der Waals surface area contributed by atoms with Gasteiger partial charge < -0.3 is 14.0 Å². The summed E-state index contributed by atoms with van der Waals surface area (Å²) >= 11 is 1.48. The topological polar surface area (TPSA) is 52.8 Å². The summed E-state index contributed by atoms with van der Waals surface area (Å²) in [6.07, 6.45) is 0. The van der Waals surface area contributed by atoms with Crippen LogP contribution in [0.4, 0.5) is 0 Å². The normalized spacial score (nSPS) is 11.9. The van der Waals surface area contributed by atoms with Crippen molar-refractivity contribution in [3.63, 3.8) is 0 Å². The van der Waals surface area contributed by atoms with E-state index in [1.54, 1.807) is 13.2 Å². The highest BCUT2D eigenvalue weighted by molar-refractivity contribution is 7.16. The van der Waals surface area contributed by atoms with E-state index in [1.807, 2.05) is 54.8 Å². The summed E-state index contributed by atoms with van der Waals surface area (Å²) in [4.78, 5) is 17.8. The molecule has 5 nitrogen and oxygen atoms in total. The molecule has 0 atom stereocenters. The molecule has 1 heterocycles. The molecule has 0 aliphatic carbocycles. The molecule has 0 unspecified atom stereocenters. The fourth-order valence-electron chi connectivity index (χ4n) is 2.80. The van der Waals surface area contributed by atoms with Crippen molar-refractivity contribution in [3.05, 3.63) is 58.4 Å². The molecule has 0 bridgehead atoms. The number of thiazole rings is 1. The lowest BCUT2D eigenvalue weighted by Gasteiger charge is -2.09. The summed E-state index contributed by atoms with van der Waals surface area (Å²) in [5.74, 6) is 0.556.